The van der Waals surface area contributed by atoms with Gasteiger partial charge in [0.25, 0.3) is 0 Å². The molecule has 1 unspecified atom stereocenters. The number of aliphatic hydroxyl groups is 1. The van der Waals surface area contributed by atoms with Crippen LogP contribution in [-0.4, -0.2) is 38.0 Å². The molecule has 1 fully saturated rings. The van der Waals surface area contributed by atoms with Crippen molar-refractivity contribution in [1.29, 1.82) is 0 Å². The van der Waals surface area contributed by atoms with Gasteiger partial charge in [0.05, 0.1) is 13.2 Å². The number of morpholine rings is 1. The fourth-order valence-electron chi connectivity index (χ4n) is 2.19. The van der Waals surface area contributed by atoms with Gasteiger partial charge in [0.1, 0.15) is 0 Å². The van der Waals surface area contributed by atoms with Crippen LogP contribution in [0.5, 0.6) is 0 Å². The van der Waals surface area contributed by atoms with Crippen molar-refractivity contribution in [2.75, 3.05) is 37.8 Å². The molecule has 1 aliphatic heterocycles. The maximum Gasteiger partial charge on any atom is 0.0642 e. The Morgan fingerprint density at radius 3 is 2.71 bits per heavy atom. The van der Waals surface area contributed by atoms with Gasteiger partial charge in [0.2, 0.25) is 0 Å². The minimum absolute atomic E-state index is 0.0981. The molecule has 1 saturated heterocycles. The van der Waals surface area contributed by atoms with Gasteiger partial charge in [-0.2, -0.15) is 0 Å². The summed E-state index contributed by atoms with van der Waals surface area (Å²) >= 11 is 0. The van der Waals surface area contributed by atoms with Crippen LogP contribution in [0.1, 0.15) is 18.0 Å². The lowest BCUT2D eigenvalue weighted by Gasteiger charge is -2.31. The summed E-state index contributed by atoms with van der Waals surface area (Å²) in [5.74, 6) is 0. The largest absolute Gasteiger partial charge is 0.396 e. The molecule has 0 spiro atoms. The first-order valence-electron chi connectivity index (χ1n) is 6.11. The van der Waals surface area contributed by atoms with Crippen molar-refractivity contribution in [3.63, 3.8) is 0 Å². The molecule has 4 heteroatoms. The molecular formula is C13H20N2O2. The van der Waals surface area contributed by atoms with Crippen molar-refractivity contribution in [1.82, 2.24) is 0 Å². The molecule has 1 heterocycles. The molecule has 1 atom stereocenters. The van der Waals surface area contributed by atoms with Crippen LogP contribution < -0.4 is 10.6 Å². The van der Waals surface area contributed by atoms with E-state index in [1.165, 1.54) is 5.69 Å². The molecule has 0 aromatic heterocycles. The topological polar surface area (TPSA) is 58.7 Å². The van der Waals surface area contributed by atoms with E-state index in [0.29, 0.717) is 6.42 Å². The number of nitrogens with two attached hydrogens (primary N) is 1. The highest BCUT2D eigenvalue weighted by Crippen LogP contribution is 2.27. The Morgan fingerprint density at radius 1 is 1.29 bits per heavy atom. The molecule has 17 heavy (non-hydrogen) atoms. The zero-order chi connectivity index (χ0) is 12.1. The lowest BCUT2D eigenvalue weighted by atomic mass is 10.0. The van der Waals surface area contributed by atoms with Crippen molar-refractivity contribution < 1.29 is 9.84 Å². The number of aliphatic hydroxyl groups excluding tert-OH is 1. The Labute approximate surface area is 102 Å². The molecular weight excluding hydrogens is 216 g/mol. The minimum atomic E-state index is -0.0981. The predicted octanol–water partition coefficient (Wildman–Crippen LogP) is 0.905. The maximum atomic E-state index is 8.99. The summed E-state index contributed by atoms with van der Waals surface area (Å²) in [4.78, 5) is 2.30. The third kappa shape index (κ3) is 2.97. The Bertz CT molecular complexity index is 351. The van der Waals surface area contributed by atoms with Crippen molar-refractivity contribution in [2.45, 2.75) is 12.5 Å². The summed E-state index contributed by atoms with van der Waals surface area (Å²) in [6, 6.07) is 8.07. The summed E-state index contributed by atoms with van der Waals surface area (Å²) < 4.78 is 5.36. The summed E-state index contributed by atoms with van der Waals surface area (Å²) in [6.45, 7) is 3.47. The van der Waals surface area contributed by atoms with E-state index in [2.05, 4.69) is 11.0 Å². The molecule has 1 aliphatic rings. The van der Waals surface area contributed by atoms with Crippen LogP contribution in [0.4, 0.5) is 5.69 Å². The average Bonchev–Trinajstić information content (AvgIpc) is 2.40. The quantitative estimate of drug-likeness (QED) is 0.815. The molecule has 0 bridgehead atoms. The highest BCUT2D eigenvalue weighted by atomic mass is 16.5. The number of nitrogens with zero attached hydrogens (tertiary/aromatic N) is 1. The van der Waals surface area contributed by atoms with Crippen LogP contribution in [-0.2, 0) is 4.74 Å². The van der Waals surface area contributed by atoms with E-state index < -0.39 is 0 Å². The molecule has 0 radical (unpaired) electrons. The van der Waals surface area contributed by atoms with Gasteiger partial charge in [-0.1, -0.05) is 18.2 Å². The highest BCUT2D eigenvalue weighted by Gasteiger charge is 2.17. The van der Waals surface area contributed by atoms with Crippen LogP contribution >= 0.6 is 0 Å². The standard InChI is InChI=1S/C13H20N2O2/c14-12(5-8-16)11-3-1-2-4-13(11)15-6-9-17-10-7-15/h1-4,12,16H,5-10,14H2. The smallest absolute Gasteiger partial charge is 0.0642 e. The van der Waals surface area contributed by atoms with Gasteiger partial charge >= 0.3 is 0 Å². The zero-order valence-electron chi connectivity index (χ0n) is 10.0. The van der Waals surface area contributed by atoms with Crippen molar-refractivity contribution in [3.05, 3.63) is 29.8 Å². The lowest BCUT2D eigenvalue weighted by molar-refractivity contribution is 0.122. The van der Waals surface area contributed by atoms with E-state index in [0.717, 1.165) is 31.9 Å². The normalized spacial score (nSPS) is 18.1. The number of benzene rings is 1. The zero-order valence-corrected chi connectivity index (χ0v) is 10.0. The van der Waals surface area contributed by atoms with Crippen LogP contribution in [0.3, 0.4) is 0 Å². The fourth-order valence-corrected chi connectivity index (χ4v) is 2.19. The van der Waals surface area contributed by atoms with Gasteiger partial charge in [-0.25, -0.2) is 0 Å². The molecule has 4 nitrogen and oxygen atoms in total. The first-order valence-corrected chi connectivity index (χ1v) is 6.11. The number of hydrogen-bond acceptors (Lipinski definition) is 4. The van der Waals surface area contributed by atoms with Gasteiger partial charge in [0.15, 0.2) is 0 Å². The van der Waals surface area contributed by atoms with Crippen LogP contribution in [0.2, 0.25) is 0 Å². The Hall–Kier alpha value is -1.10. The predicted molar refractivity (Wildman–Crippen MR) is 68.1 cm³/mol. The monoisotopic (exact) mass is 236 g/mol. The van der Waals surface area contributed by atoms with Gasteiger partial charge in [-0.15, -0.1) is 0 Å². The van der Waals surface area contributed by atoms with Gasteiger partial charge in [-0.05, 0) is 18.1 Å². The van der Waals surface area contributed by atoms with Crippen molar-refractivity contribution in [2.24, 2.45) is 5.73 Å². The molecule has 0 saturated carbocycles. The number of hydrogen-bond donors (Lipinski definition) is 2. The first kappa shape index (κ1) is 12.4. The highest BCUT2D eigenvalue weighted by molar-refractivity contribution is 5.55. The Kier molecular flexibility index (Phi) is 4.36. The van der Waals surface area contributed by atoms with Crippen LogP contribution in [0.25, 0.3) is 0 Å². The number of para-hydroxylation sites is 1. The Morgan fingerprint density at radius 2 is 2.00 bits per heavy atom. The van der Waals surface area contributed by atoms with Crippen molar-refractivity contribution in [3.8, 4) is 0 Å². The maximum absolute atomic E-state index is 8.99. The minimum Gasteiger partial charge on any atom is -0.396 e. The van der Waals surface area contributed by atoms with Crippen LogP contribution in [0.15, 0.2) is 24.3 Å². The van der Waals surface area contributed by atoms with Crippen molar-refractivity contribution >= 4 is 5.69 Å². The van der Waals surface area contributed by atoms with Gasteiger partial charge in [-0.3, -0.25) is 0 Å². The first-order chi connectivity index (χ1) is 8.33. The second-order valence-corrected chi connectivity index (χ2v) is 4.28. The average molecular weight is 236 g/mol. The van der Waals surface area contributed by atoms with Gasteiger partial charge in [0, 0.05) is 31.4 Å². The van der Waals surface area contributed by atoms with E-state index in [1.807, 2.05) is 18.2 Å². The number of anilines is 1. The van der Waals surface area contributed by atoms with Gasteiger partial charge < -0.3 is 20.5 Å². The van der Waals surface area contributed by atoms with Crippen LogP contribution in [0, 0.1) is 0 Å². The summed E-state index contributed by atoms with van der Waals surface area (Å²) in [6.07, 6.45) is 0.599. The van der Waals surface area contributed by atoms with E-state index in [4.69, 9.17) is 15.6 Å². The molecule has 1 aromatic rings. The fraction of sp³-hybridized carbons (Fsp3) is 0.538. The van der Waals surface area contributed by atoms with E-state index in [-0.39, 0.29) is 12.6 Å². The summed E-state index contributed by atoms with van der Waals surface area (Å²) in [5, 5.41) is 8.99. The molecule has 2 rings (SSSR count). The third-order valence-electron chi connectivity index (χ3n) is 3.13. The second-order valence-electron chi connectivity index (χ2n) is 4.28. The van der Waals surface area contributed by atoms with E-state index in [9.17, 15) is 0 Å². The third-order valence-corrected chi connectivity index (χ3v) is 3.13. The van der Waals surface area contributed by atoms with E-state index in [1.54, 1.807) is 0 Å². The lowest BCUT2D eigenvalue weighted by Crippen LogP contribution is -2.37. The summed E-state index contributed by atoms with van der Waals surface area (Å²) in [5.41, 5.74) is 8.39. The SMILES string of the molecule is NC(CCO)c1ccccc1N1CCOCC1. The van der Waals surface area contributed by atoms with E-state index >= 15 is 0 Å². The molecule has 1 aromatic carbocycles. The summed E-state index contributed by atoms with van der Waals surface area (Å²) in [7, 11) is 0. The molecule has 0 aliphatic carbocycles. The number of ether oxygens (including phenoxy) is 1. The molecule has 0 amide bonds. The number of rotatable bonds is 4. The molecule has 94 valence electrons. The Balaban J connectivity index is 2.19. The second kappa shape index (κ2) is 6.00. The molecule has 3 N–H and O–H groups in total.